The molecule has 3 heterocycles. The van der Waals surface area contributed by atoms with E-state index >= 15 is 0 Å². The Morgan fingerprint density at radius 2 is 1.52 bits per heavy atom. The van der Waals surface area contributed by atoms with Gasteiger partial charge in [-0.1, -0.05) is 0 Å². The van der Waals surface area contributed by atoms with Crippen molar-refractivity contribution >= 4 is 11.0 Å². The van der Waals surface area contributed by atoms with Crippen LogP contribution in [0.25, 0.3) is 22.4 Å². The van der Waals surface area contributed by atoms with Crippen molar-refractivity contribution in [1.29, 1.82) is 0 Å². The molecular weight excluding hydrogens is 359 g/mol. The van der Waals surface area contributed by atoms with Gasteiger partial charge in [-0.15, -0.1) is 0 Å². The maximum atomic E-state index is 13.2. The number of rotatable bonds is 3. The van der Waals surface area contributed by atoms with Gasteiger partial charge in [-0.2, -0.15) is 18.2 Å². The van der Waals surface area contributed by atoms with Gasteiger partial charge >= 0.3 is 6.18 Å². The van der Waals surface area contributed by atoms with Gasteiger partial charge in [0.05, 0.1) is 11.0 Å². The Bertz CT molecular complexity index is 1100. The zero-order valence-electron chi connectivity index (χ0n) is 13.6. The lowest BCUT2D eigenvalue weighted by Crippen LogP contribution is -2.10. The molecule has 27 heavy (non-hydrogen) atoms. The van der Waals surface area contributed by atoms with E-state index in [2.05, 4.69) is 24.9 Å². The normalized spacial score (nSPS) is 11.5. The molecule has 0 aliphatic rings. The Kier molecular flexibility index (Phi) is 4.11. The molecule has 0 spiro atoms. The summed E-state index contributed by atoms with van der Waals surface area (Å²) < 4.78 is 45.3. The minimum Gasteiger partial charge on any atom is -0.439 e. The van der Waals surface area contributed by atoms with Crippen molar-refractivity contribution in [2.24, 2.45) is 0 Å². The van der Waals surface area contributed by atoms with Gasteiger partial charge in [-0.25, -0.2) is 4.98 Å². The third kappa shape index (κ3) is 3.66. The monoisotopic (exact) mass is 369 g/mol. The minimum absolute atomic E-state index is 0.109. The maximum Gasteiger partial charge on any atom is 0.433 e. The summed E-state index contributed by atoms with van der Waals surface area (Å²) in [5.74, 6) is -0.0503. The predicted octanol–water partition coefficient (Wildman–Crippen LogP) is 4.29. The molecule has 9 heteroatoms. The van der Waals surface area contributed by atoms with Crippen LogP contribution < -0.4 is 4.74 Å². The Hall–Kier alpha value is -3.62. The molecule has 0 bridgehead atoms. The first-order valence-electron chi connectivity index (χ1n) is 7.74. The first kappa shape index (κ1) is 16.8. The molecule has 0 saturated heterocycles. The highest BCUT2D eigenvalue weighted by molar-refractivity contribution is 5.75. The molecule has 1 aromatic carbocycles. The standard InChI is InChI=1S/C18H10F3N5O/c19-18(20,21)15-10-16(26-17(25-15)11-3-5-22-6-4-11)27-12-1-2-13-14(9-12)24-8-7-23-13/h1-10H. The summed E-state index contributed by atoms with van der Waals surface area (Å²) in [4.78, 5) is 19.8. The van der Waals surface area contributed by atoms with Crippen LogP contribution in [-0.4, -0.2) is 24.9 Å². The number of hydrogen-bond donors (Lipinski definition) is 0. The average Bonchev–Trinajstić information content (AvgIpc) is 2.68. The summed E-state index contributed by atoms with van der Waals surface area (Å²) in [6, 6.07) is 8.61. The number of fused-ring (bicyclic) bond motifs is 1. The van der Waals surface area contributed by atoms with Crippen molar-refractivity contribution in [2.45, 2.75) is 6.18 Å². The second-order valence-electron chi connectivity index (χ2n) is 5.46. The van der Waals surface area contributed by atoms with Crippen LogP contribution in [0.4, 0.5) is 13.2 Å². The lowest BCUT2D eigenvalue weighted by Gasteiger charge is -2.11. The SMILES string of the molecule is FC(F)(F)c1cc(Oc2ccc3nccnc3c2)nc(-c2ccncc2)n1. The lowest BCUT2D eigenvalue weighted by molar-refractivity contribution is -0.141. The molecule has 0 N–H and O–H groups in total. The largest absolute Gasteiger partial charge is 0.439 e. The second-order valence-corrected chi connectivity index (χ2v) is 5.46. The number of aromatic nitrogens is 5. The first-order valence-corrected chi connectivity index (χ1v) is 7.74. The molecule has 4 rings (SSSR count). The van der Waals surface area contributed by atoms with Crippen molar-refractivity contribution in [3.05, 3.63) is 66.9 Å². The topological polar surface area (TPSA) is 73.7 Å². The summed E-state index contributed by atoms with van der Waals surface area (Å²) in [7, 11) is 0. The highest BCUT2D eigenvalue weighted by Crippen LogP contribution is 2.33. The fraction of sp³-hybridized carbons (Fsp3) is 0.0556. The van der Waals surface area contributed by atoms with Crippen LogP contribution in [0.15, 0.2) is 61.2 Å². The molecule has 0 aliphatic heterocycles. The van der Waals surface area contributed by atoms with Crippen molar-refractivity contribution < 1.29 is 17.9 Å². The van der Waals surface area contributed by atoms with E-state index in [1.54, 1.807) is 24.4 Å². The van der Waals surface area contributed by atoms with Gasteiger partial charge in [-0.05, 0) is 24.3 Å². The molecule has 0 atom stereocenters. The number of ether oxygens (including phenoxy) is 1. The summed E-state index contributed by atoms with van der Waals surface area (Å²) in [6.45, 7) is 0. The third-order valence-electron chi connectivity index (χ3n) is 3.59. The molecule has 134 valence electrons. The van der Waals surface area contributed by atoms with Gasteiger partial charge in [0.2, 0.25) is 5.88 Å². The van der Waals surface area contributed by atoms with E-state index < -0.39 is 11.9 Å². The van der Waals surface area contributed by atoms with E-state index in [-0.39, 0.29) is 17.5 Å². The van der Waals surface area contributed by atoms with Gasteiger partial charge in [0.15, 0.2) is 11.5 Å². The summed E-state index contributed by atoms with van der Waals surface area (Å²) in [5.41, 5.74) is 0.487. The molecule has 3 aromatic heterocycles. The Labute approximate surface area is 150 Å². The fourth-order valence-corrected chi connectivity index (χ4v) is 2.38. The van der Waals surface area contributed by atoms with Crippen LogP contribution in [0.1, 0.15) is 5.69 Å². The average molecular weight is 369 g/mol. The molecule has 0 fully saturated rings. The van der Waals surface area contributed by atoms with Crippen LogP contribution >= 0.6 is 0 Å². The molecule has 0 aliphatic carbocycles. The fourth-order valence-electron chi connectivity index (χ4n) is 2.38. The van der Waals surface area contributed by atoms with Gasteiger partial charge in [0.25, 0.3) is 0 Å². The Balaban J connectivity index is 1.76. The van der Waals surface area contributed by atoms with Crippen LogP contribution in [0.2, 0.25) is 0 Å². The van der Waals surface area contributed by atoms with Crippen LogP contribution in [0, 0.1) is 0 Å². The Morgan fingerprint density at radius 1 is 0.778 bits per heavy atom. The molecule has 0 unspecified atom stereocenters. The molecule has 0 saturated carbocycles. The van der Waals surface area contributed by atoms with Gasteiger partial charge in [0, 0.05) is 42.5 Å². The van der Waals surface area contributed by atoms with Gasteiger partial charge < -0.3 is 4.74 Å². The van der Waals surface area contributed by atoms with E-state index in [1.807, 2.05) is 0 Å². The van der Waals surface area contributed by atoms with Crippen molar-refractivity contribution in [3.63, 3.8) is 0 Å². The molecule has 0 amide bonds. The van der Waals surface area contributed by atoms with Crippen molar-refractivity contribution in [3.8, 4) is 23.0 Å². The van der Waals surface area contributed by atoms with Crippen LogP contribution in [0.5, 0.6) is 11.6 Å². The Morgan fingerprint density at radius 3 is 2.26 bits per heavy atom. The summed E-state index contributed by atoms with van der Waals surface area (Å²) in [5, 5.41) is 0. The molecular formula is C18H10F3N5O. The number of alkyl halides is 3. The first-order chi connectivity index (χ1) is 13.0. The van der Waals surface area contributed by atoms with E-state index in [4.69, 9.17) is 4.74 Å². The number of pyridine rings is 1. The molecule has 4 aromatic rings. The quantitative estimate of drug-likeness (QED) is 0.536. The highest BCUT2D eigenvalue weighted by Gasteiger charge is 2.34. The number of halogens is 3. The van der Waals surface area contributed by atoms with Gasteiger partial charge in [0.1, 0.15) is 5.75 Å². The smallest absolute Gasteiger partial charge is 0.433 e. The second kappa shape index (κ2) is 6.60. The number of hydrogen-bond acceptors (Lipinski definition) is 6. The lowest BCUT2D eigenvalue weighted by atomic mass is 10.2. The van der Waals surface area contributed by atoms with Crippen LogP contribution in [-0.2, 0) is 6.18 Å². The highest BCUT2D eigenvalue weighted by atomic mass is 19.4. The molecule has 0 radical (unpaired) electrons. The third-order valence-corrected chi connectivity index (χ3v) is 3.59. The van der Waals surface area contributed by atoms with E-state index in [0.29, 0.717) is 16.6 Å². The predicted molar refractivity (Wildman–Crippen MR) is 89.9 cm³/mol. The minimum atomic E-state index is -4.64. The summed E-state index contributed by atoms with van der Waals surface area (Å²) >= 11 is 0. The van der Waals surface area contributed by atoms with E-state index in [0.717, 1.165) is 6.07 Å². The zero-order chi connectivity index (χ0) is 18.9. The van der Waals surface area contributed by atoms with E-state index in [1.165, 1.54) is 30.7 Å². The molecule has 6 nitrogen and oxygen atoms in total. The van der Waals surface area contributed by atoms with Crippen LogP contribution in [0.3, 0.4) is 0 Å². The number of nitrogens with zero attached hydrogens (tertiary/aromatic N) is 5. The van der Waals surface area contributed by atoms with Gasteiger partial charge in [-0.3, -0.25) is 15.0 Å². The van der Waals surface area contributed by atoms with Crippen molar-refractivity contribution in [1.82, 2.24) is 24.9 Å². The maximum absolute atomic E-state index is 13.2. The zero-order valence-corrected chi connectivity index (χ0v) is 13.6. The summed E-state index contributed by atoms with van der Waals surface area (Å²) in [6.07, 6.45) is 1.31. The number of benzene rings is 1. The van der Waals surface area contributed by atoms with Crippen molar-refractivity contribution in [2.75, 3.05) is 0 Å². The van der Waals surface area contributed by atoms with E-state index in [9.17, 15) is 13.2 Å².